The highest BCUT2D eigenvalue weighted by Crippen LogP contribution is 2.41. The maximum Gasteiger partial charge on any atom is 0.340 e. The van der Waals surface area contributed by atoms with E-state index in [1.165, 1.54) is 17.1 Å². The van der Waals surface area contributed by atoms with Crippen molar-refractivity contribution in [3.8, 4) is 11.1 Å². The number of hydrogen-bond acceptors (Lipinski definition) is 3. The molecule has 3 amide bonds. The van der Waals surface area contributed by atoms with Gasteiger partial charge in [0, 0.05) is 25.6 Å². The normalized spacial score (nSPS) is 24.1. The number of hydrazine groups is 1. The van der Waals surface area contributed by atoms with Crippen molar-refractivity contribution in [3.63, 3.8) is 0 Å². The number of benzene rings is 2. The molecule has 5 rings (SSSR count). The Labute approximate surface area is 175 Å². The van der Waals surface area contributed by atoms with Gasteiger partial charge in [-0.2, -0.15) is 0 Å². The lowest BCUT2D eigenvalue weighted by Crippen LogP contribution is -2.43. The van der Waals surface area contributed by atoms with Gasteiger partial charge >= 0.3 is 6.03 Å². The Morgan fingerprint density at radius 2 is 1.63 bits per heavy atom. The van der Waals surface area contributed by atoms with Gasteiger partial charge in [0.1, 0.15) is 5.82 Å². The summed E-state index contributed by atoms with van der Waals surface area (Å²) in [7, 11) is 1.69. The summed E-state index contributed by atoms with van der Waals surface area (Å²) in [5, 5.41) is 6.45. The van der Waals surface area contributed by atoms with Crippen molar-refractivity contribution in [2.45, 2.75) is 31.5 Å². The lowest BCUT2D eigenvalue weighted by atomic mass is 10.0. The van der Waals surface area contributed by atoms with Crippen LogP contribution in [0.25, 0.3) is 11.1 Å². The van der Waals surface area contributed by atoms with Crippen LogP contribution in [0.3, 0.4) is 0 Å². The van der Waals surface area contributed by atoms with Gasteiger partial charge < -0.3 is 5.32 Å². The summed E-state index contributed by atoms with van der Waals surface area (Å²) in [5.74, 6) is -0.229. The second kappa shape index (κ2) is 7.40. The molecule has 2 aliphatic heterocycles. The first kappa shape index (κ1) is 19.1. The molecule has 0 spiro atoms. The van der Waals surface area contributed by atoms with Crippen LogP contribution >= 0.6 is 0 Å². The Kier molecular flexibility index (Phi) is 4.70. The van der Waals surface area contributed by atoms with Gasteiger partial charge in [0.15, 0.2) is 6.17 Å². The van der Waals surface area contributed by atoms with Crippen LogP contribution in [0.15, 0.2) is 48.5 Å². The van der Waals surface area contributed by atoms with E-state index in [4.69, 9.17) is 0 Å². The maximum atomic E-state index is 13.2. The summed E-state index contributed by atoms with van der Waals surface area (Å²) < 4.78 is 13.2. The minimum atomic E-state index is -0.442. The Morgan fingerprint density at radius 3 is 2.20 bits per heavy atom. The first-order chi connectivity index (χ1) is 14.5. The minimum absolute atomic E-state index is 0.0166. The number of rotatable bonds is 4. The molecular formula is C23H25FN4O2. The third kappa shape index (κ3) is 3.23. The fourth-order valence-corrected chi connectivity index (χ4v) is 4.46. The third-order valence-electron chi connectivity index (χ3n) is 6.28. The molecule has 3 aliphatic rings. The average molecular weight is 408 g/mol. The first-order valence-electron chi connectivity index (χ1n) is 10.5. The zero-order chi connectivity index (χ0) is 20.8. The zero-order valence-electron chi connectivity index (χ0n) is 16.9. The molecule has 7 heteroatoms. The molecular weight excluding hydrogens is 383 g/mol. The Balaban J connectivity index is 1.51. The molecule has 2 saturated heterocycles. The fourth-order valence-electron chi connectivity index (χ4n) is 4.46. The molecule has 2 unspecified atom stereocenters. The number of nitrogens with one attached hydrogen (secondary N) is 1. The van der Waals surface area contributed by atoms with E-state index in [-0.39, 0.29) is 29.7 Å². The van der Waals surface area contributed by atoms with E-state index in [1.54, 1.807) is 24.2 Å². The average Bonchev–Trinajstić information content (AvgIpc) is 3.41. The summed E-state index contributed by atoms with van der Waals surface area (Å²) >= 11 is 0. The van der Waals surface area contributed by atoms with Crippen molar-refractivity contribution in [2.24, 2.45) is 5.92 Å². The smallest absolute Gasteiger partial charge is 0.315 e. The van der Waals surface area contributed by atoms with Crippen LogP contribution in [0.1, 0.15) is 31.0 Å². The third-order valence-corrected chi connectivity index (χ3v) is 6.28. The molecule has 0 aromatic heterocycles. The molecule has 1 N–H and O–H groups in total. The van der Waals surface area contributed by atoms with Gasteiger partial charge in [-0.3, -0.25) is 9.69 Å². The molecule has 6 nitrogen and oxygen atoms in total. The number of amides is 3. The number of nitrogens with zero attached hydrogens (tertiary/aromatic N) is 3. The van der Waals surface area contributed by atoms with Gasteiger partial charge in [0.25, 0.3) is 0 Å². The van der Waals surface area contributed by atoms with E-state index in [2.05, 4.69) is 5.32 Å². The summed E-state index contributed by atoms with van der Waals surface area (Å²) in [6.07, 6.45) is 2.20. The van der Waals surface area contributed by atoms with Crippen molar-refractivity contribution in [3.05, 3.63) is 59.9 Å². The van der Waals surface area contributed by atoms with Gasteiger partial charge in [-0.05, 0) is 54.6 Å². The van der Waals surface area contributed by atoms with Gasteiger partial charge in [-0.15, -0.1) is 0 Å². The number of urea groups is 1. The van der Waals surface area contributed by atoms with Crippen molar-refractivity contribution in [1.82, 2.24) is 20.2 Å². The zero-order valence-corrected chi connectivity index (χ0v) is 16.9. The van der Waals surface area contributed by atoms with Crippen molar-refractivity contribution < 1.29 is 14.0 Å². The van der Waals surface area contributed by atoms with Crippen LogP contribution in [0.4, 0.5) is 9.18 Å². The van der Waals surface area contributed by atoms with Crippen LogP contribution in [0, 0.1) is 11.7 Å². The van der Waals surface area contributed by atoms with Gasteiger partial charge in [0.05, 0.1) is 0 Å². The van der Waals surface area contributed by atoms with E-state index in [0.717, 1.165) is 49.0 Å². The standard InChI is InChI=1S/C23H25FN4O2/c1-26-23(30)27(20-12-13-25-14-20)21(28(26)22(29)18-6-7-18)17-4-2-15(3-5-17)16-8-10-19(24)11-9-16/h2-5,8-11,18,20-21,25H,6-7,12-14H2,1H3. The van der Waals surface area contributed by atoms with E-state index in [9.17, 15) is 14.0 Å². The largest absolute Gasteiger partial charge is 0.340 e. The molecule has 30 heavy (non-hydrogen) atoms. The second-order valence-electron chi connectivity index (χ2n) is 8.32. The van der Waals surface area contributed by atoms with E-state index < -0.39 is 6.17 Å². The van der Waals surface area contributed by atoms with Crippen LogP contribution in [0.5, 0.6) is 0 Å². The summed E-state index contributed by atoms with van der Waals surface area (Å²) in [5.41, 5.74) is 2.79. The number of hydrogen-bond donors (Lipinski definition) is 1. The van der Waals surface area contributed by atoms with Crippen LogP contribution in [-0.2, 0) is 4.79 Å². The lowest BCUT2D eigenvalue weighted by Gasteiger charge is -2.33. The molecule has 2 atom stereocenters. The van der Waals surface area contributed by atoms with Crippen molar-refractivity contribution in [2.75, 3.05) is 20.1 Å². The maximum absolute atomic E-state index is 13.2. The molecule has 156 valence electrons. The molecule has 1 saturated carbocycles. The number of carbonyl (C=O) groups is 2. The Hall–Kier alpha value is -2.93. The number of halogens is 1. The number of carbonyl (C=O) groups excluding carboxylic acids is 2. The topological polar surface area (TPSA) is 55.9 Å². The van der Waals surface area contributed by atoms with Gasteiger partial charge in [0.2, 0.25) is 5.91 Å². The fraction of sp³-hybridized carbons (Fsp3) is 0.391. The van der Waals surface area contributed by atoms with E-state index >= 15 is 0 Å². The highest BCUT2D eigenvalue weighted by atomic mass is 19.1. The second-order valence-corrected chi connectivity index (χ2v) is 8.32. The molecule has 0 bridgehead atoms. The van der Waals surface area contributed by atoms with Crippen LogP contribution < -0.4 is 5.32 Å². The Morgan fingerprint density at radius 1 is 1.00 bits per heavy atom. The quantitative estimate of drug-likeness (QED) is 0.844. The van der Waals surface area contributed by atoms with Crippen molar-refractivity contribution >= 4 is 11.9 Å². The van der Waals surface area contributed by atoms with Gasteiger partial charge in [-0.1, -0.05) is 36.4 Å². The molecule has 2 aromatic carbocycles. The predicted molar refractivity (Wildman–Crippen MR) is 110 cm³/mol. The summed E-state index contributed by atoms with van der Waals surface area (Å²) in [6.45, 7) is 1.60. The van der Waals surface area contributed by atoms with Crippen LogP contribution in [0.2, 0.25) is 0 Å². The molecule has 1 aliphatic carbocycles. The summed E-state index contributed by atoms with van der Waals surface area (Å²) in [6, 6.07) is 14.2. The van der Waals surface area contributed by atoms with E-state index in [1.807, 2.05) is 29.2 Å². The monoisotopic (exact) mass is 408 g/mol. The van der Waals surface area contributed by atoms with E-state index in [0.29, 0.717) is 0 Å². The molecule has 3 fully saturated rings. The highest BCUT2D eigenvalue weighted by molar-refractivity contribution is 5.87. The SMILES string of the molecule is CN1C(=O)N(C2CCNC2)C(c2ccc(-c3ccc(F)cc3)cc2)N1C(=O)C1CC1. The molecule has 0 radical (unpaired) electrons. The van der Waals surface area contributed by atoms with Crippen LogP contribution in [-0.4, -0.2) is 53.0 Å². The molecule has 2 heterocycles. The van der Waals surface area contributed by atoms with Gasteiger partial charge in [-0.25, -0.2) is 19.2 Å². The minimum Gasteiger partial charge on any atom is -0.315 e. The lowest BCUT2D eigenvalue weighted by molar-refractivity contribution is -0.147. The van der Waals surface area contributed by atoms with Crippen molar-refractivity contribution in [1.29, 1.82) is 0 Å². The Bertz CT molecular complexity index is 952. The highest BCUT2D eigenvalue weighted by Gasteiger charge is 2.51. The molecule has 2 aromatic rings. The predicted octanol–water partition coefficient (Wildman–Crippen LogP) is 3.37. The summed E-state index contributed by atoms with van der Waals surface area (Å²) in [4.78, 5) is 28.1. The first-order valence-corrected chi connectivity index (χ1v) is 10.5.